The number of nitrogens with zero attached hydrogens (tertiary/aromatic N) is 2. The van der Waals surface area contributed by atoms with Crippen molar-refractivity contribution in [3.8, 4) is 0 Å². The summed E-state index contributed by atoms with van der Waals surface area (Å²) in [4.78, 5) is 16.4. The second-order valence-corrected chi connectivity index (χ2v) is 5.28. The van der Waals surface area contributed by atoms with Gasteiger partial charge in [-0.25, -0.2) is 4.98 Å². The van der Waals surface area contributed by atoms with Gasteiger partial charge < -0.3 is 5.32 Å². The summed E-state index contributed by atoms with van der Waals surface area (Å²) in [7, 11) is 0. The molecule has 0 aliphatic heterocycles. The first-order chi connectivity index (χ1) is 9.33. The van der Waals surface area contributed by atoms with Crippen LogP contribution >= 0.6 is 0 Å². The minimum atomic E-state index is -0.0126. The highest BCUT2D eigenvalue weighted by atomic mass is 16.1. The van der Waals surface area contributed by atoms with Crippen LogP contribution in [-0.4, -0.2) is 15.9 Å². The summed E-state index contributed by atoms with van der Waals surface area (Å²) < 4.78 is 1.57. The third kappa shape index (κ3) is 2.84. The molecule has 3 rings (SSSR count). The van der Waals surface area contributed by atoms with Gasteiger partial charge in [0.05, 0.1) is 5.69 Å². The molecule has 0 amide bonds. The average Bonchev–Trinajstić information content (AvgIpc) is 2.36. The van der Waals surface area contributed by atoms with E-state index in [1.54, 1.807) is 16.7 Å². The van der Waals surface area contributed by atoms with E-state index >= 15 is 0 Å². The second kappa shape index (κ2) is 5.53. The van der Waals surface area contributed by atoms with Crippen LogP contribution in [0.3, 0.4) is 0 Å². The number of nitrogens with one attached hydrogen (secondary N) is 1. The number of pyridine rings is 1. The molecule has 1 saturated carbocycles. The zero-order chi connectivity index (χ0) is 13.1. The lowest BCUT2D eigenvalue weighted by Gasteiger charge is -2.25. The van der Waals surface area contributed by atoms with Crippen molar-refractivity contribution in [2.24, 2.45) is 5.92 Å². The van der Waals surface area contributed by atoms with Crippen molar-refractivity contribution in [1.29, 1.82) is 0 Å². The molecule has 2 aromatic heterocycles. The lowest BCUT2D eigenvalue weighted by molar-refractivity contribution is 0.292. The Kier molecular flexibility index (Phi) is 3.60. The molecular formula is C15H19N3O. The van der Waals surface area contributed by atoms with Gasteiger partial charge in [0.15, 0.2) is 0 Å². The Balaban J connectivity index is 1.62. The quantitative estimate of drug-likeness (QED) is 0.833. The second-order valence-electron chi connectivity index (χ2n) is 5.28. The fourth-order valence-corrected chi connectivity index (χ4v) is 2.50. The van der Waals surface area contributed by atoms with Gasteiger partial charge in [-0.05, 0) is 31.0 Å². The normalized spacial score (nSPS) is 15.6. The Morgan fingerprint density at radius 1 is 1.37 bits per heavy atom. The summed E-state index contributed by atoms with van der Waals surface area (Å²) in [6.45, 7) is 1.69. The molecule has 1 fully saturated rings. The Bertz CT molecular complexity index is 616. The highest BCUT2D eigenvalue weighted by Gasteiger charge is 2.16. The molecule has 100 valence electrons. The molecule has 0 aromatic carbocycles. The first kappa shape index (κ1) is 12.4. The lowest BCUT2D eigenvalue weighted by atomic mass is 9.83. The molecule has 0 bridgehead atoms. The van der Waals surface area contributed by atoms with E-state index in [1.807, 2.05) is 18.2 Å². The van der Waals surface area contributed by atoms with Crippen LogP contribution in [0.25, 0.3) is 5.65 Å². The number of fused-ring (bicyclic) bond motifs is 1. The van der Waals surface area contributed by atoms with Crippen LogP contribution < -0.4 is 10.9 Å². The molecule has 0 saturated heterocycles. The van der Waals surface area contributed by atoms with Crippen molar-refractivity contribution >= 4 is 5.65 Å². The van der Waals surface area contributed by atoms with Crippen molar-refractivity contribution < 1.29 is 0 Å². The highest BCUT2D eigenvalue weighted by Crippen LogP contribution is 2.28. The molecule has 0 radical (unpaired) electrons. The number of hydrogen-bond acceptors (Lipinski definition) is 3. The average molecular weight is 257 g/mol. The van der Waals surface area contributed by atoms with Gasteiger partial charge in [0.25, 0.3) is 5.56 Å². The van der Waals surface area contributed by atoms with Crippen molar-refractivity contribution in [2.45, 2.75) is 32.2 Å². The maximum atomic E-state index is 11.9. The molecule has 1 aliphatic carbocycles. The summed E-state index contributed by atoms with van der Waals surface area (Å²) >= 11 is 0. The molecule has 0 spiro atoms. The van der Waals surface area contributed by atoms with Gasteiger partial charge in [-0.3, -0.25) is 9.20 Å². The molecule has 19 heavy (non-hydrogen) atoms. The summed E-state index contributed by atoms with van der Waals surface area (Å²) in [5.41, 5.74) is 1.52. The minimum Gasteiger partial charge on any atom is -0.311 e. The van der Waals surface area contributed by atoms with Crippen molar-refractivity contribution in [2.75, 3.05) is 6.54 Å². The van der Waals surface area contributed by atoms with Crippen LogP contribution in [-0.2, 0) is 6.54 Å². The first-order valence-corrected chi connectivity index (χ1v) is 7.01. The van der Waals surface area contributed by atoms with E-state index in [2.05, 4.69) is 10.3 Å². The summed E-state index contributed by atoms with van der Waals surface area (Å²) in [5, 5.41) is 3.38. The number of hydrogen-bond donors (Lipinski definition) is 1. The Hall–Kier alpha value is -1.68. The van der Waals surface area contributed by atoms with Gasteiger partial charge >= 0.3 is 0 Å². The third-order valence-electron chi connectivity index (χ3n) is 3.88. The van der Waals surface area contributed by atoms with Gasteiger partial charge in [-0.1, -0.05) is 25.3 Å². The largest absolute Gasteiger partial charge is 0.311 e. The molecule has 4 heteroatoms. The van der Waals surface area contributed by atoms with E-state index in [9.17, 15) is 4.79 Å². The van der Waals surface area contributed by atoms with Crippen molar-refractivity contribution in [1.82, 2.24) is 14.7 Å². The van der Waals surface area contributed by atoms with Gasteiger partial charge in [0.2, 0.25) is 0 Å². The summed E-state index contributed by atoms with van der Waals surface area (Å²) in [6.07, 6.45) is 7.16. The molecule has 1 N–H and O–H groups in total. The van der Waals surface area contributed by atoms with E-state index in [-0.39, 0.29) is 5.56 Å². The van der Waals surface area contributed by atoms with E-state index in [0.29, 0.717) is 12.2 Å². The van der Waals surface area contributed by atoms with Crippen LogP contribution in [0.4, 0.5) is 0 Å². The Morgan fingerprint density at radius 2 is 2.26 bits per heavy atom. The number of aromatic nitrogens is 2. The molecular weight excluding hydrogens is 238 g/mol. The van der Waals surface area contributed by atoms with Crippen LogP contribution in [0.2, 0.25) is 0 Å². The smallest absolute Gasteiger partial charge is 0.258 e. The standard InChI is InChI=1S/C15H19N3O/c19-15-10-13(11-16-8-7-12-4-3-5-12)17-14-6-1-2-9-18(14)15/h1-2,6,9-10,12,16H,3-5,7-8,11H2. The van der Waals surface area contributed by atoms with Crippen LogP contribution in [0.1, 0.15) is 31.4 Å². The first-order valence-electron chi connectivity index (χ1n) is 7.01. The molecule has 2 aromatic rings. The summed E-state index contributed by atoms with van der Waals surface area (Å²) in [5.74, 6) is 0.919. The fraction of sp³-hybridized carbons (Fsp3) is 0.467. The predicted molar refractivity (Wildman–Crippen MR) is 75.1 cm³/mol. The van der Waals surface area contributed by atoms with E-state index in [1.165, 1.54) is 25.7 Å². The lowest BCUT2D eigenvalue weighted by Crippen LogP contribution is -2.23. The highest BCUT2D eigenvalue weighted by molar-refractivity contribution is 5.37. The van der Waals surface area contributed by atoms with Crippen LogP contribution in [0.15, 0.2) is 35.3 Å². The maximum Gasteiger partial charge on any atom is 0.258 e. The Morgan fingerprint density at radius 3 is 3.05 bits per heavy atom. The van der Waals surface area contributed by atoms with E-state index in [0.717, 1.165) is 18.2 Å². The van der Waals surface area contributed by atoms with Gasteiger partial charge in [0, 0.05) is 18.8 Å². The summed E-state index contributed by atoms with van der Waals surface area (Å²) in [6, 6.07) is 7.21. The fourth-order valence-electron chi connectivity index (χ4n) is 2.50. The molecule has 1 aliphatic rings. The van der Waals surface area contributed by atoms with Crippen LogP contribution in [0.5, 0.6) is 0 Å². The SMILES string of the molecule is O=c1cc(CNCCC2CCC2)nc2ccccn12. The molecule has 0 atom stereocenters. The Labute approximate surface area is 112 Å². The molecule has 0 unspecified atom stereocenters. The predicted octanol–water partition coefficient (Wildman–Crippen LogP) is 1.97. The van der Waals surface area contributed by atoms with Crippen molar-refractivity contribution in [3.05, 3.63) is 46.5 Å². The molecule has 4 nitrogen and oxygen atoms in total. The minimum absolute atomic E-state index is 0.0126. The van der Waals surface area contributed by atoms with Gasteiger partial charge in [0.1, 0.15) is 5.65 Å². The maximum absolute atomic E-state index is 11.9. The van der Waals surface area contributed by atoms with Gasteiger partial charge in [-0.2, -0.15) is 0 Å². The van der Waals surface area contributed by atoms with E-state index in [4.69, 9.17) is 0 Å². The third-order valence-corrected chi connectivity index (χ3v) is 3.88. The zero-order valence-electron chi connectivity index (χ0n) is 11.0. The topological polar surface area (TPSA) is 46.4 Å². The number of rotatable bonds is 5. The zero-order valence-corrected chi connectivity index (χ0v) is 11.0. The van der Waals surface area contributed by atoms with Crippen LogP contribution in [0, 0.1) is 5.92 Å². The van der Waals surface area contributed by atoms with E-state index < -0.39 is 0 Å². The van der Waals surface area contributed by atoms with Crippen molar-refractivity contribution in [3.63, 3.8) is 0 Å². The molecule has 2 heterocycles. The van der Waals surface area contributed by atoms with Gasteiger partial charge in [-0.15, -0.1) is 0 Å². The monoisotopic (exact) mass is 257 g/mol.